The molecule has 7 rings (SSSR count). The van der Waals surface area contributed by atoms with Crippen molar-refractivity contribution in [1.29, 1.82) is 0 Å². The predicted molar refractivity (Wildman–Crippen MR) is 213 cm³/mol. The molecule has 51 heavy (non-hydrogen) atoms. The number of fused-ring (bicyclic) bond motifs is 2. The Balaban J connectivity index is 1.19. The molecule has 0 amide bonds. The van der Waals surface area contributed by atoms with Gasteiger partial charge in [-0.2, -0.15) is 0 Å². The second-order valence-corrected chi connectivity index (χ2v) is 15.8. The van der Waals surface area contributed by atoms with Crippen molar-refractivity contribution in [3.63, 3.8) is 0 Å². The van der Waals surface area contributed by atoms with Crippen molar-refractivity contribution in [3.8, 4) is 33.4 Å². The van der Waals surface area contributed by atoms with Crippen molar-refractivity contribution in [2.24, 2.45) is 5.92 Å². The Morgan fingerprint density at radius 2 is 1.31 bits per heavy atom. The van der Waals surface area contributed by atoms with E-state index in [2.05, 4.69) is 61.2 Å². The molecule has 3 aliphatic rings. The van der Waals surface area contributed by atoms with E-state index in [0.717, 1.165) is 49.4 Å². The highest BCUT2D eigenvalue weighted by molar-refractivity contribution is 7.89. The van der Waals surface area contributed by atoms with Crippen LogP contribution in [0.1, 0.15) is 56.0 Å². The van der Waals surface area contributed by atoms with Gasteiger partial charge < -0.3 is 8.42 Å². The van der Waals surface area contributed by atoms with Gasteiger partial charge in [0.15, 0.2) is 11.6 Å². The van der Waals surface area contributed by atoms with Crippen LogP contribution in [0.15, 0.2) is 149 Å². The maximum Gasteiger partial charge on any atom is 0.189 e. The summed E-state index contributed by atoms with van der Waals surface area (Å²) in [5, 5.41) is 0. The molecule has 4 aromatic rings. The summed E-state index contributed by atoms with van der Waals surface area (Å²) < 4.78 is 27.2. The standard InChI is InChI=1S/C45H38O4S2/c1-5-12-41-37(7-3)45(47)39-22-20-35(27-43(39)51(41)49)33-18-11-16-31(25-33)29-14-9-13-28(23-29)30-15-10-17-32(24-30)34-19-21-38-42(26-34)50(48)40(8-4)36(6-2)44(38)46/h5,7,9-26,36H,3,6,8,27H2,1-2,4H3/q-2/b12-5-. The molecule has 2 aliphatic heterocycles. The van der Waals surface area contributed by atoms with Crippen LogP contribution < -0.4 is 0 Å². The minimum absolute atomic E-state index is 0.0711. The summed E-state index contributed by atoms with van der Waals surface area (Å²) in [7, 11) is -2.77. The van der Waals surface area contributed by atoms with Gasteiger partial charge >= 0.3 is 0 Å². The average molecular weight is 707 g/mol. The van der Waals surface area contributed by atoms with E-state index >= 15 is 0 Å². The zero-order valence-corrected chi connectivity index (χ0v) is 30.5. The normalized spacial score (nSPS) is 18.1. The van der Waals surface area contributed by atoms with Gasteiger partial charge in [-0.1, -0.05) is 130 Å². The summed E-state index contributed by atoms with van der Waals surface area (Å²) in [5.41, 5.74) is 9.61. The molecule has 2 heterocycles. The predicted octanol–water partition coefficient (Wildman–Crippen LogP) is 10.3. The highest BCUT2D eigenvalue weighted by atomic mass is 32.2. The molecule has 256 valence electrons. The molecule has 4 nitrogen and oxygen atoms in total. The smallest absolute Gasteiger partial charge is 0.189 e. The Morgan fingerprint density at radius 1 is 0.745 bits per heavy atom. The van der Waals surface area contributed by atoms with Crippen LogP contribution in [0.25, 0.3) is 39.0 Å². The first-order chi connectivity index (χ1) is 24.8. The Kier molecular flexibility index (Phi) is 9.65. The Labute approximate surface area is 303 Å². The maximum atomic E-state index is 13.6. The second kappa shape index (κ2) is 14.3. The first-order valence-corrected chi connectivity index (χ1v) is 19.6. The quantitative estimate of drug-likeness (QED) is 0.135. The summed E-state index contributed by atoms with van der Waals surface area (Å²) in [6, 6.07) is 30.8. The molecule has 1 unspecified atom stereocenters. The number of allylic oxidation sites excluding steroid dienone is 8. The highest BCUT2D eigenvalue weighted by Gasteiger charge is 2.26. The average Bonchev–Trinajstić information content (AvgIpc) is 3.18. The van der Waals surface area contributed by atoms with Crippen molar-refractivity contribution in [3.05, 3.63) is 155 Å². The molecule has 0 saturated heterocycles. The minimum atomic E-state index is -1.45. The van der Waals surface area contributed by atoms with Gasteiger partial charge in [-0.25, -0.2) is 20.8 Å². The molecular formula is C45H38O4S2-2. The first-order valence-electron chi connectivity index (χ1n) is 17.3. The third-order valence-electron chi connectivity index (χ3n) is 9.91. The van der Waals surface area contributed by atoms with Crippen LogP contribution in [-0.2, 0) is 34.0 Å². The first kappa shape index (κ1) is 34.4. The lowest BCUT2D eigenvalue weighted by molar-refractivity contribution is -0.111. The number of hydrogen-bond acceptors (Lipinski definition) is 6. The molecule has 6 heteroatoms. The van der Waals surface area contributed by atoms with Crippen LogP contribution in [0.5, 0.6) is 0 Å². The number of hydrogen-bond donors (Lipinski definition) is 0. The Morgan fingerprint density at radius 3 is 1.86 bits per heavy atom. The van der Waals surface area contributed by atoms with Crippen molar-refractivity contribution in [2.75, 3.05) is 0 Å². The maximum absolute atomic E-state index is 13.6. The van der Waals surface area contributed by atoms with Crippen LogP contribution in [0.3, 0.4) is 0 Å². The van der Waals surface area contributed by atoms with Crippen LogP contribution in [0.4, 0.5) is 0 Å². The molecule has 1 aliphatic carbocycles. The van der Waals surface area contributed by atoms with Crippen molar-refractivity contribution in [2.45, 2.75) is 44.9 Å². The molecule has 0 aromatic heterocycles. The van der Waals surface area contributed by atoms with E-state index in [-0.39, 0.29) is 17.5 Å². The minimum Gasteiger partial charge on any atom is -0.457 e. The lowest BCUT2D eigenvalue weighted by Gasteiger charge is -2.31. The van der Waals surface area contributed by atoms with Crippen LogP contribution in [0, 0.1) is 5.92 Å². The van der Waals surface area contributed by atoms with E-state index in [9.17, 15) is 18.0 Å². The highest BCUT2D eigenvalue weighted by Crippen LogP contribution is 2.36. The number of Topliss-reactive ketones (excluding diaryl/α,β-unsaturated/α-hetero) is 2. The van der Waals surface area contributed by atoms with Gasteiger partial charge in [-0.15, -0.1) is 19.5 Å². The lowest BCUT2D eigenvalue weighted by atomic mass is 9.88. The van der Waals surface area contributed by atoms with Crippen molar-refractivity contribution < 1.29 is 18.0 Å². The molecule has 0 radical (unpaired) electrons. The summed E-state index contributed by atoms with van der Waals surface area (Å²) in [5.74, 6) is -0.341. The van der Waals surface area contributed by atoms with E-state index in [1.54, 1.807) is 18.2 Å². The third-order valence-corrected chi connectivity index (χ3v) is 13.3. The monoisotopic (exact) mass is 706 g/mol. The summed E-state index contributed by atoms with van der Waals surface area (Å²) in [6.07, 6.45) is 10.5. The van der Waals surface area contributed by atoms with E-state index in [4.69, 9.17) is 0 Å². The Hall–Kier alpha value is -5.04. The van der Waals surface area contributed by atoms with E-state index in [1.165, 1.54) is 6.08 Å². The van der Waals surface area contributed by atoms with Gasteiger partial charge in [0.2, 0.25) is 0 Å². The fourth-order valence-electron chi connectivity index (χ4n) is 7.26. The van der Waals surface area contributed by atoms with Crippen LogP contribution in [0.2, 0.25) is 0 Å². The fourth-order valence-corrected chi connectivity index (χ4v) is 10.5. The molecule has 0 bridgehead atoms. The van der Waals surface area contributed by atoms with Crippen molar-refractivity contribution in [1.82, 2.24) is 0 Å². The molecular weight excluding hydrogens is 669 g/mol. The van der Waals surface area contributed by atoms with Crippen LogP contribution >= 0.6 is 0 Å². The molecule has 0 fully saturated rings. The Bertz CT molecular complexity index is 2470. The molecule has 1 atom stereocenters. The van der Waals surface area contributed by atoms with Crippen molar-refractivity contribution >= 4 is 47.6 Å². The molecule has 4 aromatic carbocycles. The molecule has 0 spiro atoms. The van der Waals surface area contributed by atoms with E-state index < -0.39 is 20.8 Å². The number of ketones is 2. The summed E-state index contributed by atoms with van der Waals surface area (Å²) in [6.45, 7) is 9.60. The van der Waals surface area contributed by atoms with E-state index in [1.807, 2.05) is 63.2 Å². The second-order valence-electron chi connectivity index (χ2n) is 12.8. The number of carbonyl (C=O) groups is 2. The van der Waals surface area contributed by atoms with E-state index in [0.29, 0.717) is 50.6 Å². The summed E-state index contributed by atoms with van der Waals surface area (Å²) >= 11 is 0. The molecule has 0 N–H and O–H groups in total. The van der Waals surface area contributed by atoms with Gasteiger partial charge in [0, 0.05) is 22.6 Å². The number of rotatable bonds is 8. The number of benzene rings is 4. The lowest BCUT2D eigenvalue weighted by Crippen LogP contribution is -2.29. The fraction of sp³-hybridized carbons (Fsp3) is 0.156. The van der Waals surface area contributed by atoms with Gasteiger partial charge in [0.25, 0.3) is 0 Å². The zero-order chi connectivity index (χ0) is 35.8. The summed E-state index contributed by atoms with van der Waals surface area (Å²) in [4.78, 5) is 29.1. The van der Waals surface area contributed by atoms with Gasteiger partial charge in [0.05, 0.1) is 0 Å². The zero-order valence-electron chi connectivity index (χ0n) is 28.9. The van der Waals surface area contributed by atoms with Gasteiger partial charge in [-0.3, -0.25) is 9.59 Å². The molecule has 0 saturated carbocycles. The van der Waals surface area contributed by atoms with Gasteiger partial charge in [-0.05, 0) is 82.5 Å². The number of carbonyl (C=O) groups excluding carboxylic acids is 2. The van der Waals surface area contributed by atoms with Crippen LogP contribution in [-0.4, -0.2) is 21.3 Å². The SMILES string of the molecule is C=CC1=C(/C=C\C)[S-](=O)=C2CC(c3cccc(-c4cccc(-c5cccc(-c6ccc7c(c6)[S-](=O)=C(CC)C(CC)C7=O)c5)c4)c3)=CC=C2C1=O. The largest absolute Gasteiger partial charge is 0.457 e. The van der Waals surface area contributed by atoms with Gasteiger partial charge in [0.1, 0.15) is 0 Å². The topological polar surface area (TPSA) is 68.3 Å². The third kappa shape index (κ3) is 6.17.